The maximum atomic E-state index is 8.60. The molecule has 0 heterocycles. The fourth-order valence-corrected chi connectivity index (χ4v) is 3.20. The van der Waals surface area contributed by atoms with Crippen LogP contribution in [0.3, 0.4) is 0 Å². The molecule has 0 aromatic carbocycles. The van der Waals surface area contributed by atoms with Gasteiger partial charge in [0, 0.05) is 34.0 Å². The van der Waals surface area contributed by atoms with Crippen LogP contribution in [-0.4, -0.2) is 54.9 Å². The maximum Gasteiger partial charge on any atom is 0.500 e. The summed E-state index contributed by atoms with van der Waals surface area (Å²) >= 11 is 0. The van der Waals surface area contributed by atoms with Crippen molar-refractivity contribution in [3.8, 4) is 0 Å². The molecule has 0 aliphatic rings. The molecule has 0 aliphatic carbocycles. The van der Waals surface area contributed by atoms with Gasteiger partial charge in [-0.05, 0) is 32.4 Å². The third-order valence-electron chi connectivity index (χ3n) is 2.53. The van der Waals surface area contributed by atoms with Crippen LogP contribution in [0.5, 0.6) is 0 Å². The van der Waals surface area contributed by atoms with E-state index in [4.69, 9.17) is 18.4 Å². The summed E-state index contributed by atoms with van der Waals surface area (Å²) in [6, 6.07) is 0.823. The summed E-state index contributed by atoms with van der Waals surface area (Å²) in [5.41, 5.74) is 0. The molecular weight excluding hydrogens is 262 g/mol. The highest BCUT2D eigenvalue weighted by atomic mass is 35.5. The second kappa shape index (κ2) is 12.8. The first-order valence-corrected chi connectivity index (χ1v) is 7.65. The standard InChI is InChI=1S/C10H25NO4Si.ClH/c1-13-16(14-2,15-3)10-6-8-11-7-4-5-9-12;/h11-12H,4-10H2,1-3H3;1H. The molecule has 106 valence electrons. The van der Waals surface area contributed by atoms with Crippen molar-refractivity contribution in [2.75, 3.05) is 41.0 Å². The second-order valence-electron chi connectivity index (χ2n) is 3.58. The fraction of sp³-hybridized carbons (Fsp3) is 1.00. The van der Waals surface area contributed by atoms with Crippen LogP contribution in [0.1, 0.15) is 19.3 Å². The highest BCUT2D eigenvalue weighted by Gasteiger charge is 2.36. The van der Waals surface area contributed by atoms with E-state index in [2.05, 4.69) is 5.32 Å². The average molecular weight is 288 g/mol. The lowest BCUT2D eigenvalue weighted by atomic mass is 10.3. The average Bonchev–Trinajstić information content (AvgIpc) is 2.34. The molecule has 0 saturated heterocycles. The number of hydrogen-bond donors (Lipinski definition) is 2. The first-order chi connectivity index (χ1) is 7.74. The normalized spacial score (nSPS) is 11.3. The molecule has 0 aliphatic heterocycles. The van der Waals surface area contributed by atoms with E-state index in [0.717, 1.165) is 38.4 Å². The zero-order valence-corrected chi connectivity index (χ0v) is 12.8. The fourth-order valence-electron chi connectivity index (χ4n) is 1.47. The van der Waals surface area contributed by atoms with Crippen molar-refractivity contribution in [3.05, 3.63) is 0 Å². The van der Waals surface area contributed by atoms with Crippen LogP contribution in [0.2, 0.25) is 6.04 Å². The lowest BCUT2D eigenvalue weighted by molar-refractivity contribution is 0.123. The van der Waals surface area contributed by atoms with Gasteiger partial charge in [0.1, 0.15) is 0 Å². The Morgan fingerprint density at radius 1 is 0.941 bits per heavy atom. The van der Waals surface area contributed by atoms with Crippen molar-refractivity contribution in [1.29, 1.82) is 0 Å². The Labute approximate surface area is 112 Å². The third-order valence-corrected chi connectivity index (χ3v) is 5.36. The Morgan fingerprint density at radius 2 is 1.47 bits per heavy atom. The summed E-state index contributed by atoms with van der Waals surface area (Å²) < 4.78 is 15.9. The Hall–Kier alpha value is 0.307. The number of hydrogen-bond acceptors (Lipinski definition) is 5. The molecule has 0 atom stereocenters. The maximum absolute atomic E-state index is 8.60. The van der Waals surface area contributed by atoms with Gasteiger partial charge in [-0.2, -0.15) is 0 Å². The predicted molar refractivity (Wildman–Crippen MR) is 72.6 cm³/mol. The smallest absolute Gasteiger partial charge is 0.396 e. The topological polar surface area (TPSA) is 60.0 Å². The van der Waals surface area contributed by atoms with Crippen molar-refractivity contribution in [1.82, 2.24) is 5.32 Å². The van der Waals surface area contributed by atoms with Crippen LogP contribution in [0.15, 0.2) is 0 Å². The minimum Gasteiger partial charge on any atom is -0.396 e. The second-order valence-corrected chi connectivity index (χ2v) is 6.67. The van der Waals surface area contributed by atoms with E-state index >= 15 is 0 Å². The van der Waals surface area contributed by atoms with Crippen LogP contribution in [0.25, 0.3) is 0 Å². The van der Waals surface area contributed by atoms with Crippen LogP contribution in [0.4, 0.5) is 0 Å². The van der Waals surface area contributed by atoms with E-state index in [1.165, 1.54) is 0 Å². The number of halogens is 1. The number of rotatable bonds is 11. The molecule has 0 bridgehead atoms. The van der Waals surface area contributed by atoms with Gasteiger partial charge in [-0.3, -0.25) is 0 Å². The van der Waals surface area contributed by atoms with Crippen LogP contribution in [0, 0.1) is 0 Å². The van der Waals surface area contributed by atoms with Gasteiger partial charge in [-0.15, -0.1) is 12.4 Å². The van der Waals surface area contributed by atoms with E-state index in [1.54, 1.807) is 21.3 Å². The predicted octanol–water partition coefficient (Wildman–Crippen LogP) is 1.04. The summed E-state index contributed by atoms with van der Waals surface area (Å²) in [7, 11) is 2.53. The first kappa shape index (κ1) is 19.6. The molecule has 0 fully saturated rings. The highest BCUT2D eigenvalue weighted by molar-refractivity contribution is 6.60. The molecule has 0 saturated carbocycles. The molecule has 0 spiro atoms. The van der Waals surface area contributed by atoms with Gasteiger partial charge < -0.3 is 23.7 Å². The van der Waals surface area contributed by atoms with E-state index in [9.17, 15) is 0 Å². The molecule has 0 aromatic heterocycles. The first-order valence-electron chi connectivity index (χ1n) is 5.71. The highest BCUT2D eigenvalue weighted by Crippen LogP contribution is 2.14. The molecular formula is C10H26ClNO4Si. The van der Waals surface area contributed by atoms with Crippen LogP contribution < -0.4 is 5.32 Å². The van der Waals surface area contributed by atoms with E-state index < -0.39 is 8.80 Å². The van der Waals surface area contributed by atoms with Crippen LogP contribution >= 0.6 is 12.4 Å². The van der Waals surface area contributed by atoms with Crippen molar-refractivity contribution < 1.29 is 18.4 Å². The van der Waals surface area contributed by atoms with Gasteiger partial charge in [0.15, 0.2) is 0 Å². The van der Waals surface area contributed by atoms with Gasteiger partial charge in [0.2, 0.25) is 0 Å². The minimum atomic E-state index is -2.37. The Balaban J connectivity index is 0. The number of aliphatic hydroxyl groups excluding tert-OH is 1. The van der Waals surface area contributed by atoms with Gasteiger partial charge in [-0.1, -0.05) is 0 Å². The van der Waals surface area contributed by atoms with E-state index in [1.807, 2.05) is 0 Å². The van der Waals surface area contributed by atoms with E-state index in [0.29, 0.717) is 0 Å². The summed E-state index contributed by atoms with van der Waals surface area (Å²) in [5.74, 6) is 0. The third kappa shape index (κ3) is 8.95. The van der Waals surface area contributed by atoms with Gasteiger partial charge >= 0.3 is 8.80 Å². The minimum absolute atomic E-state index is 0. The SMILES string of the molecule is CO[Si](CCCNCCCCO)(OC)OC.Cl. The summed E-state index contributed by atoms with van der Waals surface area (Å²) in [6.45, 7) is 2.15. The van der Waals surface area contributed by atoms with Crippen LogP contribution in [-0.2, 0) is 13.3 Å². The molecule has 2 N–H and O–H groups in total. The summed E-state index contributed by atoms with van der Waals surface area (Å²) in [5, 5.41) is 11.9. The molecule has 0 amide bonds. The van der Waals surface area contributed by atoms with Gasteiger partial charge in [0.05, 0.1) is 0 Å². The largest absolute Gasteiger partial charge is 0.500 e. The molecule has 7 heteroatoms. The van der Waals surface area contributed by atoms with Crippen molar-refractivity contribution >= 4 is 21.2 Å². The number of aliphatic hydroxyl groups is 1. The number of nitrogens with one attached hydrogen (secondary N) is 1. The number of unbranched alkanes of at least 4 members (excludes halogenated alkanes) is 1. The Bertz CT molecular complexity index is 153. The van der Waals surface area contributed by atoms with E-state index in [-0.39, 0.29) is 19.0 Å². The molecule has 17 heavy (non-hydrogen) atoms. The molecule has 0 unspecified atom stereocenters. The summed E-state index contributed by atoms with van der Waals surface area (Å²) in [6.07, 6.45) is 2.85. The monoisotopic (exact) mass is 287 g/mol. The Kier molecular flexibility index (Phi) is 14.7. The van der Waals surface area contributed by atoms with Gasteiger partial charge in [0.25, 0.3) is 0 Å². The Morgan fingerprint density at radius 3 is 1.94 bits per heavy atom. The molecule has 0 radical (unpaired) electrons. The summed E-state index contributed by atoms with van der Waals surface area (Å²) in [4.78, 5) is 0. The van der Waals surface area contributed by atoms with Crippen molar-refractivity contribution in [2.24, 2.45) is 0 Å². The molecule has 0 rings (SSSR count). The zero-order chi connectivity index (χ0) is 12.3. The zero-order valence-electron chi connectivity index (χ0n) is 11.0. The lowest BCUT2D eigenvalue weighted by Gasteiger charge is -2.24. The van der Waals surface area contributed by atoms with Crippen molar-refractivity contribution in [2.45, 2.75) is 25.3 Å². The molecule has 5 nitrogen and oxygen atoms in total. The lowest BCUT2D eigenvalue weighted by Crippen LogP contribution is -2.43. The van der Waals surface area contributed by atoms with Crippen molar-refractivity contribution in [3.63, 3.8) is 0 Å². The van der Waals surface area contributed by atoms with Gasteiger partial charge in [-0.25, -0.2) is 0 Å². The quantitative estimate of drug-likeness (QED) is 0.439. The molecule has 0 aromatic rings.